The molecule has 7 nitrogen and oxygen atoms in total. The van der Waals surface area contributed by atoms with E-state index in [1.807, 2.05) is 14.1 Å². The van der Waals surface area contributed by atoms with Crippen molar-refractivity contribution in [2.75, 3.05) is 30.3 Å². The second kappa shape index (κ2) is 11.0. The van der Waals surface area contributed by atoms with E-state index in [9.17, 15) is 21.6 Å². The highest BCUT2D eigenvalue weighted by Gasteiger charge is 2.39. The first-order chi connectivity index (χ1) is 18.9. The summed E-state index contributed by atoms with van der Waals surface area (Å²) in [4.78, 5) is 11.4. The van der Waals surface area contributed by atoms with Crippen LogP contribution in [0, 0.1) is 5.82 Å². The molecule has 0 bridgehead atoms. The van der Waals surface area contributed by atoms with E-state index in [1.165, 1.54) is 42.9 Å². The summed E-state index contributed by atoms with van der Waals surface area (Å²) < 4.78 is 83.7. The van der Waals surface area contributed by atoms with Crippen LogP contribution in [0.1, 0.15) is 48.3 Å². The van der Waals surface area contributed by atoms with Gasteiger partial charge in [0.1, 0.15) is 22.9 Å². The van der Waals surface area contributed by atoms with Crippen molar-refractivity contribution in [3.8, 4) is 0 Å². The highest BCUT2D eigenvalue weighted by Crippen LogP contribution is 2.42. The van der Waals surface area contributed by atoms with Gasteiger partial charge in [-0.25, -0.2) is 22.8 Å². The van der Waals surface area contributed by atoms with Crippen molar-refractivity contribution < 1.29 is 26.0 Å². The number of nitrogens with one attached hydrogen (secondary N) is 1. The number of hydrogen-bond donors (Lipinski definition) is 1. The number of halogens is 4. The molecule has 1 N–H and O–H groups in total. The third kappa shape index (κ3) is 5.78. The predicted octanol–water partition coefficient (Wildman–Crippen LogP) is 5.45. The van der Waals surface area contributed by atoms with Gasteiger partial charge in [0, 0.05) is 30.5 Å². The topological polar surface area (TPSA) is 78.4 Å². The molecular formula is C28H31F4N5O2S. The quantitative estimate of drug-likeness (QED) is 0.393. The number of hydrogen-bond acceptors (Lipinski definition) is 6. The molecular weight excluding hydrogens is 546 g/mol. The smallest absolute Gasteiger partial charge is 0.367 e. The Kier molecular flexibility index (Phi) is 7.75. The fourth-order valence-corrected chi connectivity index (χ4v) is 7.15. The number of nitrogens with zero attached hydrogens (tertiary/aromatic N) is 4. The van der Waals surface area contributed by atoms with Crippen molar-refractivity contribution in [1.29, 1.82) is 0 Å². The van der Waals surface area contributed by atoms with Gasteiger partial charge in [-0.1, -0.05) is 18.2 Å². The van der Waals surface area contributed by atoms with E-state index < -0.39 is 32.5 Å². The molecule has 2 aliphatic rings. The monoisotopic (exact) mass is 577 g/mol. The average Bonchev–Trinajstić information content (AvgIpc) is 2.92. The SMILES string of the molecule is CN(C)[C@H]1C[C@@H](c2cccc(C(F)(F)F)c2)CC[C@@H]1N1CCCc2cc(S(=O)(=O)Nc3ccncn3)c(F)cc21. The van der Waals surface area contributed by atoms with Gasteiger partial charge >= 0.3 is 6.18 Å². The fraction of sp³-hybridized carbons (Fsp3) is 0.429. The lowest BCUT2D eigenvalue weighted by molar-refractivity contribution is -0.137. The van der Waals surface area contributed by atoms with Crippen LogP contribution in [0.25, 0.3) is 0 Å². The normalized spacial score (nSPS) is 21.8. The summed E-state index contributed by atoms with van der Waals surface area (Å²) in [6, 6.07) is 9.65. The lowest BCUT2D eigenvalue weighted by Gasteiger charge is -2.48. The van der Waals surface area contributed by atoms with Gasteiger partial charge in [-0.3, -0.25) is 4.72 Å². The highest BCUT2D eigenvalue weighted by atomic mass is 32.2. The molecule has 40 heavy (non-hydrogen) atoms. The molecule has 0 spiro atoms. The minimum absolute atomic E-state index is 0.00269. The van der Waals surface area contributed by atoms with Gasteiger partial charge in [0.2, 0.25) is 0 Å². The molecule has 0 radical (unpaired) electrons. The van der Waals surface area contributed by atoms with Gasteiger partial charge in [0.05, 0.1) is 5.56 Å². The van der Waals surface area contributed by atoms with Gasteiger partial charge in [-0.15, -0.1) is 0 Å². The number of benzene rings is 2. The Morgan fingerprint density at radius 2 is 1.90 bits per heavy atom. The summed E-state index contributed by atoms with van der Waals surface area (Å²) in [5, 5.41) is 0. The van der Waals surface area contributed by atoms with Crippen LogP contribution < -0.4 is 9.62 Å². The van der Waals surface area contributed by atoms with E-state index in [-0.39, 0.29) is 23.8 Å². The maximum Gasteiger partial charge on any atom is 0.416 e. The van der Waals surface area contributed by atoms with E-state index in [0.717, 1.165) is 18.1 Å². The van der Waals surface area contributed by atoms with Gasteiger partial charge in [0.15, 0.2) is 0 Å². The number of aryl methyl sites for hydroxylation is 1. The number of alkyl halides is 3. The number of sulfonamides is 1. The molecule has 0 amide bonds. The number of rotatable bonds is 6. The zero-order chi connectivity index (χ0) is 28.7. The Balaban J connectivity index is 1.41. The molecule has 3 atom stereocenters. The molecule has 1 saturated carbocycles. The first-order valence-electron chi connectivity index (χ1n) is 13.2. The Labute approximate surface area is 231 Å². The van der Waals surface area contributed by atoms with Crippen LogP contribution in [0.2, 0.25) is 0 Å². The first-order valence-corrected chi connectivity index (χ1v) is 14.6. The Morgan fingerprint density at radius 3 is 2.60 bits per heavy atom. The van der Waals surface area contributed by atoms with Crippen molar-refractivity contribution in [3.05, 3.63) is 77.5 Å². The van der Waals surface area contributed by atoms with Crippen molar-refractivity contribution in [1.82, 2.24) is 14.9 Å². The largest absolute Gasteiger partial charge is 0.416 e. The van der Waals surface area contributed by atoms with Crippen LogP contribution in [0.3, 0.4) is 0 Å². The lowest BCUT2D eigenvalue weighted by atomic mass is 9.77. The van der Waals surface area contributed by atoms with Crippen molar-refractivity contribution >= 4 is 21.5 Å². The summed E-state index contributed by atoms with van der Waals surface area (Å²) >= 11 is 0. The summed E-state index contributed by atoms with van der Waals surface area (Å²) in [5.41, 5.74) is 1.44. The van der Waals surface area contributed by atoms with E-state index in [4.69, 9.17) is 0 Å². The van der Waals surface area contributed by atoms with E-state index >= 15 is 4.39 Å². The minimum Gasteiger partial charge on any atom is -0.367 e. The van der Waals surface area contributed by atoms with Gasteiger partial charge in [0.25, 0.3) is 10.0 Å². The lowest BCUT2D eigenvalue weighted by Crippen LogP contribution is -2.54. The number of fused-ring (bicyclic) bond motifs is 1. The molecule has 12 heteroatoms. The third-order valence-electron chi connectivity index (χ3n) is 7.93. The molecule has 1 aliphatic carbocycles. The maximum atomic E-state index is 15.4. The van der Waals surface area contributed by atoms with Gasteiger partial charge < -0.3 is 9.80 Å². The van der Waals surface area contributed by atoms with Gasteiger partial charge in [-0.05, 0) is 87.5 Å². The second-order valence-corrected chi connectivity index (χ2v) is 12.3. The Hall–Kier alpha value is -3.25. The Morgan fingerprint density at radius 1 is 1.10 bits per heavy atom. The molecule has 1 aromatic heterocycles. The zero-order valence-corrected chi connectivity index (χ0v) is 23.0. The molecule has 1 fully saturated rings. The first kappa shape index (κ1) is 28.3. The summed E-state index contributed by atoms with van der Waals surface area (Å²) in [6.45, 7) is 0.682. The zero-order valence-electron chi connectivity index (χ0n) is 22.2. The van der Waals surface area contributed by atoms with Crippen molar-refractivity contribution in [3.63, 3.8) is 0 Å². The van der Waals surface area contributed by atoms with Crippen molar-refractivity contribution in [2.24, 2.45) is 0 Å². The molecule has 0 saturated heterocycles. The molecule has 2 aromatic carbocycles. The standard InChI is InChI=1S/C28H31F4N5O2S/c1-36(2)25-14-19(18-5-3-7-21(13-18)28(30,31)32)8-9-23(25)37-12-4-6-20-15-26(22(29)16-24(20)37)40(38,39)35-27-10-11-33-17-34-27/h3,5,7,10-11,13,15-17,19,23,25H,4,6,8-9,12,14H2,1-2H3,(H,33,34,35)/t19-,23-,25-/m0/s1. The van der Waals surface area contributed by atoms with Crippen LogP contribution in [0.15, 0.2) is 59.9 Å². The van der Waals surface area contributed by atoms with Crippen LogP contribution >= 0.6 is 0 Å². The molecule has 3 aromatic rings. The van der Waals surface area contributed by atoms with E-state index in [1.54, 1.807) is 6.07 Å². The van der Waals surface area contributed by atoms with E-state index in [0.29, 0.717) is 43.5 Å². The molecule has 2 heterocycles. The third-order valence-corrected chi connectivity index (χ3v) is 9.30. The Bertz CT molecular complexity index is 1470. The molecule has 214 valence electrons. The van der Waals surface area contributed by atoms with Crippen LogP contribution in [0.5, 0.6) is 0 Å². The summed E-state index contributed by atoms with van der Waals surface area (Å²) in [6.07, 6.45) is 1.62. The summed E-state index contributed by atoms with van der Waals surface area (Å²) in [5.74, 6) is -0.848. The number of anilines is 2. The molecule has 1 aliphatic heterocycles. The van der Waals surface area contributed by atoms with Gasteiger partial charge in [-0.2, -0.15) is 13.2 Å². The van der Waals surface area contributed by atoms with Crippen LogP contribution in [0.4, 0.5) is 29.1 Å². The predicted molar refractivity (Wildman–Crippen MR) is 144 cm³/mol. The highest BCUT2D eigenvalue weighted by molar-refractivity contribution is 7.92. The molecule has 0 unspecified atom stereocenters. The minimum atomic E-state index is -4.40. The van der Waals surface area contributed by atoms with E-state index in [2.05, 4.69) is 24.5 Å². The average molecular weight is 578 g/mol. The van der Waals surface area contributed by atoms with Crippen LogP contribution in [-0.2, 0) is 22.6 Å². The molecule has 5 rings (SSSR count). The number of likely N-dealkylation sites (N-methyl/N-ethyl adjacent to an activating group) is 1. The number of aromatic nitrogens is 2. The second-order valence-electron chi connectivity index (χ2n) is 10.6. The van der Waals surface area contributed by atoms with Crippen LogP contribution in [-0.4, -0.2) is 56.0 Å². The van der Waals surface area contributed by atoms with Crippen molar-refractivity contribution in [2.45, 2.75) is 61.2 Å². The maximum absolute atomic E-state index is 15.4. The fourth-order valence-electron chi connectivity index (χ4n) is 6.03. The summed E-state index contributed by atoms with van der Waals surface area (Å²) in [7, 11) is -0.317.